The van der Waals surface area contributed by atoms with E-state index in [1.54, 1.807) is 12.1 Å². The Morgan fingerprint density at radius 2 is 1.77 bits per heavy atom. The van der Waals surface area contributed by atoms with Crippen molar-refractivity contribution in [2.24, 2.45) is 0 Å². The highest BCUT2D eigenvalue weighted by molar-refractivity contribution is 6.21. The van der Waals surface area contributed by atoms with Gasteiger partial charge in [0.1, 0.15) is 6.26 Å². The Hall–Kier alpha value is -2.96. The molecule has 1 aromatic heterocycles. The van der Waals surface area contributed by atoms with Crippen LogP contribution < -0.4 is 0 Å². The third-order valence-corrected chi connectivity index (χ3v) is 3.16. The Morgan fingerprint density at radius 3 is 2.27 bits per heavy atom. The average Bonchev–Trinajstić information content (AvgIpc) is 3.08. The van der Waals surface area contributed by atoms with Crippen LogP contribution in [0.15, 0.2) is 34.9 Å². The highest BCUT2D eigenvalue weighted by Crippen LogP contribution is 2.23. The van der Waals surface area contributed by atoms with Crippen molar-refractivity contribution in [3.05, 3.63) is 53.2 Å². The van der Waals surface area contributed by atoms with Gasteiger partial charge in [-0.25, -0.2) is 9.78 Å². The van der Waals surface area contributed by atoms with E-state index < -0.39 is 17.8 Å². The van der Waals surface area contributed by atoms with Crippen molar-refractivity contribution in [2.45, 2.75) is 19.8 Å². The first kappa shape index (κ1) is 14.0. The van der Waals surface area contributed by atoms with E-state index in [1.807, 2.05) is 13.8 Å². The van der Waals surface area contributed by atoms with E-state index in [4.69, 9.17) is 9.25 Å². The standard InChI is InChI=1S/C15H12N2O5/c1-8(2)12-16-11(7-21-12)15(20)22-17-13(18)9-5-3-4-6-10(9)14(17)19/h3-8H,1-2H3. The molecule has 0 saturated heterocycles. The van der Waals surface area contributed by atoms with Gasteiger partial charge < -0.3 is 9.25 Å². The molecule has 3 rings (SSSR count). The van der Waals surface area contributed by atoms with Gasteiger partial charge in [-0.05, 0) is 12.1 Å². The van der Waals surface area contributed by atoms with E-state index in [2.05, 4.69) is 4.98 Å². The summed E-state index contributed by atoms with van der Waals surface area (Å²) in [6.45, 7) is 3.70. The van der Waals surface area contributed by atoms with Gasteiger partial charge in [-0.15, -0.1) is 0 Å². The number of amides is 2. The number of aromatic nitrogens is 1. The number of fused-ring (bicyclic) bond motifs is 1. The quantitative estimate of drug-likeness (QED) is 0.807. The van der Waals surface area contributed by atoms with E-state index >= 15 is 0 Å². The van der Waals surface area contributed by atoms with E-state index in [9.17, 15) is 14.4 Å². The van der Waals surface area contributed by atoms with E-state index in [0.717, 1.165) is 6.26 Å². The molecule has 1 aromatic carbocycles. The molecule has 0 unspecified atom stereocenters. The molecule has 2 amide bonds. The lowest BCUT2D eigenvalue weighted by Gasteiger charge is -2.11. The van der Waals surface area contributed by atoms with Gasteiger partial charge >= 0.3 is 5.97 Å². The number of carbonyl (C=O) groups is 3. The first-order valence-corrected chi connectivity index (χ1v) is 6.64. The van der Waals surface area contributed by atoms with Crippen LogP contribution in [0.3, 0.4) is 0 Å². The predicted octanol–water partition coefficient (Wildman–Crippen LogP) is 2.17. The Morgan fingerprint density at radius 1 is 1.18 bits per heavy atom. The van der Waals surface area contributed by atoms with Gasteiger partial charge in [0.2, 0.25) is 0 Å². The molecular weight excluding hydrogens is 288 g/mol. The zero-order valence-corrected chi connectivity index (χ0v) is 11.9. The van der Waals surface area contributed by atoms with Crippen LogP contribution in [0.25, 0.3) is 0 Å². The molecule has 0 atom stereocenters. The van der Waals surface area contributed by atoms with Crippen molar-refractivity contribution in [2.75, 3.05) is 0 Å². The SMILES string of the molecule is CC(C)c1nc(C(=O)ON2C(=O)c3ccccc3C2=O)co1. The number of nitrogens with zero attached hydrogens (tertiary/aromatic N) is 2. The van der Waals surface area contributed by atoms with E-state index in [0.29, 0.717) is 11.0 Å². The minimum atomic E-state index is -0.926. The third kappa shape index (κ3) is 2.16. The summed E-state index contributed by atoms with van der Waals surface area (Å²) in [7, 11) is 0. The summed E-state index contributed by atoms with van der Waals surface area (Å²) in [6.07, 6.45) is 1.13. The second-order valence-electron chi connectivity index (χ2n) is 5.05. The van der Waals surface area contributed by atoms with Crippen molar-refractivity contribution in [3.8, 4) is 0 Å². The van der Waals surface area contributed by atoms with Crippen LogP contribution in [0.4, 0.5) is 0 Å². The molecule has 0 saturated carbocycles. The first-order chi connectivity index (χ1) is 10.5. The van der Waals surface area contributed by atoms with E-state index in [-0.39, 0.29) is 22.7 Å². The molecule has 1 aliphatic heterocycles. The largest absolute Gasteiger partial charge is 0.448 e. The summed E-state index contributed by atoms with van der Waals surface area (Å²) in [5, 5.41) is 0.441. The van der Waals surface area contributed by atoms with Crippen LogP contribution in [-0.2, 0) is 4.84 Å². The lowest BCUT2D eigenvalue weighted by atomic mass is 10.1. The zero-order chi connectivity index (χ0) is 15.9. The summed E-state index contributed by atoms with van der Waals surface area (Å²) in [5.41, 5.74) is 0.298. The average molecular weight is 300 g/mol. The number of hydrogen-bond donors (Lipinski definition) is 0. The maximum absolute atomic E-state index is 12.1. The molecule has 0 N–H and O–H groups in total. The predicted molar refractivity (Wildman–Crippen MR) is 72.9 cm³/mol. The highest BCUT2D eigenvalue weighted by atomic mass is 16.7. The summed E-state index contributed by atoms with van der Waals surface area (Å²) in [5.74, 6) is -1.91. The molecular formula is C15H12N2O5. The Bertz CT molecular complexity index is 743. The number of imide groups is 1. The summed E-state index contributed by atoms with van der Waals surface area (Å²) >= 11 is 0. The minimum Gasteiger partial charge on any atom is -0.448 e. The Balaban J connectivity index is 1.80. The lowest BCUT2D eigenvalue weighted by molar-refractivity contribution is -0.0588. The van der Waals surface area contributed by atoms with Gasteiger partial charge in [0, 0.05) is 5.92 Å². The van der Waals surface area contributed by atoms with Gasteiger partial charge in [0.05, 0.1) is 11.1 Å². The van der Waals surface area contributed by atoms with Gasteiger partial charge in [-0.2, -0.15) is 0 Å². The van der Waals surface area contributed by atoms with Gasteiger partial charge in [0.25, 0.3) is 11.8 Å². The molecule has 112 valence electrons. The van der Waals surface area contributed by atoms with Crippen molar-refractivity contribution in [3.63, 3.8) is 0 Å². The zero-order valence-electron chi connectivity index (χ0n) is 11.9. The van der Waals surface area contributed by atoms with Crippen molar-refractivity contribution in [1.82, 2.24) is 10.0 Å². The molecule has 1 aliphatic rings. The molecule has 7 heteroatoms. The third-order valence-electron chi connectivity index (χ3n) is 3.16. The first-order valence-electron chi connectivity index (χ1n) is 6.64. The number of carbonyl (C=O) groups excluding carboxylic acids is 3. The smallest absolute Gasteiger partial charge is 0.385 e. The van der Waals surface area contributed by atoms with Crippen LogP contribution in [0, 0.1) is 0 Å². The maximum Gasteiger partial charge on any atom is 0.385 e. The van der Waals surface area contributed by atoms with Crippen LogP contribution in [-0.4, -0.2) is 27.8 Å². The number of hydrogen-bond acceptors (Lipinski definition) is 6. The summed E-state index contributed by atoms with van der Waals surface area (Å²) in [4.78, 5) is 45.0. The van der Waals surface area contributed by atoms with E-state index in [1.165, 1.54) is 12.1 Å². The molecule has 22 heavy (non-hydrogen) atoms. The fourth-order valence-corrected chi connectivity index (χ4v) is 2.03. The van der Waals surface area contributed by atoms with Crippen molar-refractivity contribution in [1.29, 1.82) is 0 Å². The number of hydroxylamine groups is 2. The molecule has 2 aromatic rings. The fraction of sp³-hybridized carbons (Fsp3) is 0.200. The number of benzene rings is 1. The lowest BCUT2D eigenvalue weighted by Crippen LogP contribution is -2.32. The topological polar surface area (TPSA) is 89.7 Å². The summed E-state index contributed by atoms with van der Waals surface area (Å²) < 4.78 is 5.13. The monoisotopic (exact) mass is 300 g/mol. The molecule has 0 bridgehead atoms. The molecule has 0 aliphatic carbocycles. The number of oxazole rings is 1. The summed E-state index contributed by atoms with van der Waals surface area (Å²) in [6, 6.07) is 6.25. The van der Waals surface area contributed by atoms with Crippen LogP contribution in [0.1, 0.15) is 56.9 Å². The van der Waals surface area contributed by atoms with Crippen molar-refractivity contribution >= 4 is 17.8 Å². The Labute approximate surface area is 125 Å². The highest BCUT2D eigenvalue weighted by Gasteiger charge is 2.39. The fourth-order valence-electron chi connectivity index (χ4n) is 2.03. The van der Waals surface area contributed by atoms with Crippen LogP contribution in [0.5, 0.6) is 0 Å². The van der Waals surface area contributed by atoms with Crippen molar-refractivity contribution < 1.29 is 23.6 Å². The number of rotatable bonds is 3. The molecule has 0 spiro atoms. The van der Waals surface area contributed by atoms with Gasteiger partial charge in [-0.1, -0.05) is 31.0 Å². The molecule has 0 radical (unpaired) electrons. The van der Waals surface area contributed by atoms with Crippen LogP contribution in [0.2, 0.25) is 0 Å². The van der Waals surface area contributed by atoms with Gasteiger partial charge in [-0.3, -0.25) is 9.59 Å². The normalized spacial score (nSPS) is 13.7. The van der Waals surface area contributed by atoms with Gasteiger partial charge in [0.15, 0.2) is 11.6 Å². The molecule has 0 fully saturated rings. The molecule has 7 nitrogen and oxygen atoms in total. The maximum atomic E-state index is 12.1. The van der Waals surface area contributed by atoms with Crippen LogP contribution >= 0.6 is 0 Å². The Kier molecular flexibility index (Phi) is 3.25. The molecule has 2 heterocycles. The second kappa shape index (κ2) is 5.10. The second-order valence-corrected chi connectivity index (χ2v) is 5.05. The minimum absolute atomic E-state index is 0.000792.